The Morgan fingerprint density at radius 2 is 2.38 bits per heavy atom. The molecule has 0 heterocycles. The molecule has 1 aliphatic rings. The Bertz CT molecular complexity index is 399. The van der Waals surface area contributed by atoms with E-state index in [4.69, 9.17) is 4.74 Å². The summed E-state index contributed by atoms with van der Waals surface area (Å²) in [6, 6.07) is 6.24. The van der Waals surface area contributed by atoms with E-state index in [1.54, 1.807) is 0 Å². The lowest BCUT2D eigenvalue weighted by atomic mass is 10.0. The van der Waals surface area contributed by atoms with Crippen molar-refractivity contribution in [1.29, 1.82) is 0 Å². The summed E-state index contributed by atoms with van der Waals surface area (Å²) in [5, 5.41) is 3.43. The van der Waals surface area contributed by atoms with E-state index in [9.17, 15) is 4.79 Å². The highest BCUT2D eigenvalue weighted by Crippen LogP contribution is 2.31. The third-order valence-electron chi connectivity index (χ3n) is 3.10. The third-order valence-corrected chi connectivity index (χ3v) is 3.10. The minimum absolute atomic E-state index is 0.259. The van der Waals surface area contributed by atoms with Crippen LogP contribution in [-0.4, -0.2) is 19.6 Å². The van der Waals surface area contributed by atoms with Crippen molar-refractivity contribution in [2.45, 2.75) is 25.8 Å². The highest BCUT2D eigenvalue weighted by Gasteiger charge is 2.22. The number of ether oxygens (including phenoxy) is 1. The van der Waals surface area contributed by atoms with Crippen LogP contribution >= 0.6 is 0 Å². The number of fused-ring (bicyclic) bond motifs is 1. The summed E-state index contributed by atoms with van der Waals surface area (Å²) in [5.74, 6) is -0.259. The molecule has 0 saturated heterocycles. The summed E-state index contributed by atoms with van der Waals surface area (Å²) in [7, 11) is 1.41. The van der Waals surface area contributed by atoms with Crippen molar-refractivity contribution in [1.82, 2.24) is 5.32 Å². The first-order valence-electron chi connectivity index (χ1n) is 5.70. The monoisotopic (exact) mass is 219 g/mol. The molecule has 1 aromatic rings. The van der Waals surface area contributed by atoms with Gasteiger partial charge in [-0.05, 0) is 42.6 Å². The zero-order chi connectivity index (χ0) is 11.5. The summed E-state index contributed by atoms with van der Waals surface area (Å²) >= 11 is 0. The van der Waals surface area contributed by atoms with Gasteiger partial charge >= 0.3 is 5.97 Å². The molecule has 1 aliphatic carbocycles. The van der Waals surface area contributed by atoms with Crippen LogP contribution in [0.2, 0.25) is 0 Å². The number of carbonyl (C=O) groups is 1. The maximum atomic E-state index is 11.4. The molecule has 3 nitrogen and oxygen atoms in total. The molecular weight excluding hydrogens is 202 g/mol. The normalized spacial score (nSPS) is 18.2. The molecule has 0 bridgehead atoms. The Morgan fingerprint density at radius 3 is 3.06 bits per heavy atom. The number of benzene rings is 1. The number of carbonyl (C=O) groups excluding carboxylic acids is 1. The molecular formula is C13H17NO2. The lowest BCUT2D eigenvalue weighted by molar-refractivity contribution is 0.0600. The van der Waals surface area contributed by atoms with E-state index in [1.807, 2.05) is 18.2 Å². The summed E-state index contributed by atoms with van der Waals surface area (Å²) < 4.78 is 4.73. The predicted octanol–water partition coefficient (Wildman–Crippen LogP) is 2.07. The zero-order valence-corrected chi connectivity index (χ0v) is 9.75. The molecule has 0 amide bonds. The van der Waals surface area contributed by atoms with Crippen molar-refractivity contribution in [3.63, 3.8) is 0 Å². The van der Waals surface area contributed by atoms with Gasteiger partial charge in [-0.1, -0.05) is 13.0 Å². The largest absolute Gasteiger partial charge is 0.465 e. The number of rotatable bonds is 3. The average Bonchev–Trinajstić information content (AvgIpc) is 2.71. The first-order valence-corrected chi connectivity index (χ1v) is 5.70. The van der Waals surface area contributed by atoms with Crippen LogP contribution < -0.4 is 5.32 Å². The van der Waals surface area contributed by atoms with Crippen LogP contribution in [0, 0.1) is 0 Å². The minimum atomic E-state index is -0.259. The lowest BCUT2D eigenvalue weighted by Gasteiger charge is -2.12. The Labute approximate surface area is 95.8 Å². The van der Waals surface area contributed by atoms with Gasteiger partial charge in [0, 0.05) is 6.04 Å². The van der Waals surface area contributed by atoms with Crippen LogP contribution in [0.3, 0.4) is 0 Å². The molecule has 3 heteroatoms. The molecule has 1 N–H and O–H groups in total. The van der Waals surface area contributed by atoms with E-state index < -0.39 is 0 Å². The fourth-order valence-corrected chi connectivity index (χ4v) is 2.31. The Kier molecular flexibility index (Phi) is 3.25. The number of hydrogen-bond acceptors (Lipinski definition) is 3. The van der Waals surface area contributed by atoms with Gasteiger partial charge in [0.25, 0.3) is 0 Å². The molecule has 0 fully saturated rings. The summed E-state index contributed by atoms with van der Waals surface area (Å²) in [4.78, 5) is 11.4. The molecule has 2 rings (SSSR count). The first kappa shape index (κ1) is 11.1. The van der Waals surface area contributed by atoms with Gasteiger partial charge in [0.1, 0.15) is 0 Å². The minimum Gasteiger partial charge on any atom is -0.465 e. The molecule has 16 heavy (non-hydrogen) atoms. The molecule has 0 aliphatic heterocycles. The lowest BCUT2D eigenvalue weighted by Crippen LogP contribution is -2.18. The second-order valence-electron chi connectivity index (χ2n) is 4.05. The molecule has 1 atom stereocenters. The van der Waals surface area contributed by atoms with Gasteiger partial charge in [0.05, 0.1) is 12.7 Å². The van der Waals surface area contributed by atoms with Gasteiger partial charge in [0.15, 0.2) is 0 Å². The van der Waals surface area contributed by atoms with Crippen molar-refractivity contribution in [2.24, 2.45) is 0 Å². The average molecular weight is 219 g/mol. The van der Waals surface area contributed by atoms with Crippen LogP contribution in [-0.2, 0) is 11.2 Å². The number of esters is 1. The van der Waals surface area contributed by atoms with Crippen molar-refractivity contribution < 1.29 is 9.53 Å². The molecule has 0 spiro atoms. The number of aryl methyl sites for hydroxylation is 1. The van der Waals surface area contributed by atoms with Gasteiger partial charge in [-0.25, -0.2) is 4.79 Å². The molecule has 0 radical (unpaired) electrons. The highest BCUT2D eigenvalue weighted by atomic mass is 16.5. The number of nitrogens with one attached hydrogen (secondary N) is 1. The number of methoxy groups -OCH3 is 1. The predicted molar refractivity (Wildman–Crippen MR) is 62.5 cm³/mol. The van der Waals surface area contributed by atoms with Gasteiger partial charge < -0.3 is 10.1 Å². The van der Waals surface area contributed by atoms with E-state index in [0.717, 1.165) is 19.4 Å². The fourth-order valence-electron chi connectivity index (χ4n) is 2.31. The van der Waals surface area contributed by atoms with Crippen LogP contribution in [0.15, 0.2) is 18.2 Å². The second kappa shape index (κ2) is 4.66. The van der Waals surface area contributed by atoms with Gasteiger partial charge in [-0.3, -0.25) is 0 Å². The van der Waals surface area contributed by atoms with E-state index in [-0.39, 0.29) is 5.97 Å². The van der Waals surface area contributed by atoms with E-state index in [1.165, 1.54) is 18.2 Å². The van der Waals surface area contributed by atoms with Crippen molar-refractivity contribution >= 4 is 5.97 Å². The standard InChI is InChI=1S/C13H17NO2/c1-3-14-12-7-6-9-4-5-10(8-11(9)12)13(15)16-2/h4-5,8,12,14H,3,6-7H2,1-2H3/t12-/m1/s1. The van der Waals surface area contributed by atoms with E-state index >= 15 is 0 Å². The Balaban J connectivity index is 2.29. The third kappa shape index (κ3) is 1.95. The van der Waals surface area contributed by atoms with Crippen molar-refractivity contribution in [3.05, 3.63) is 34.9 Å². The zero-order valence-electron chi connectivity index (χ0n) is 9.75. The molecule has 0 unspecified atom stereocenters. The van der Waals surface area contributed by atoms with Gasteiger partial charge in [-0.15, -0.1) is 0 Å². The summed E-state index contributed by atoms with van der Waals surface area (Å²) in [6.45, 7) is 3.05. The maximum absolute atomic E-state index is 11.4. The van der Waals surface area contributed by atoms with Gasteiger partial charge in [-0.2, -0.15) is 0 Å². The van der Waals surface area contributed by atoms with Crippen LogP contribution in [0.1, 0.15) is 40.9 Å². The quantitative estimate of drug-likeness (QED) is 0.791. The molecule has 0 saturated carbocycles. The summed E-state index contributed by atoms with van der Waals surface area (Å²) in [5.41, 5.74) is 3.24. The number of hydrogen-bond donors (Lipinski definition) is 1. The molecule has 1 aromatic carbocycles. The van der Waals surface area contributed by atoms with Crippen LogP contribution in [0.4, 0.5) is 0 Å². The highest BCUT2D eigenvalue weighted by molar-refractivity contribution is 5.89. The Hall–Kier alpha value is -1.35. The molecule has 0 aromatic heterocycles. The van der Waals surface area contributed by atoms with Crippen molar-refractivity contribution in [3.8, 4) is 0 Å². The van der Waals surface area contributed by atoms with Crippen LogP contribution in [0.25, 0.3) is 0 Å². The van der Waals surface area contributed by atoms with Crippen LogP contribution in [0.5, 0.6) is 0 Å². The topological polar surface area (TPSA) is 38.3 Å². The SMILES string of the molecule is CCN[C@@H]1CCc2ccc(C(=O)OC)cc21. The van der Waals surface area contributed by atoms with E-state index in [0.29, 0.717) is 11.6 Å². The van der Waals surface area contributed by atoms with Crippen molar-refractivity contribution in [2.75, 3.05) is 13.7 Å². The smallest absolute Gasteiger partial charge is 0.337 e. The second-order valence-corrected chi connectivity index (χ2v) is 4.05. The fraction of sp³-hybridized carbons (Fsp3) is 0.462. The summed E-state index contributed by atoms with van der Waals surface area (Å²) in [6.07, 6.45) is 2.21. The van der Waals surface area contributed by atoms with Gasteiger partial charge in [0.2, 0.25) is 0 Å². The van der Waals surface area contributed by atoms with E-state index in [2.05, 4.69) is 12.2 Å². The maximum Gasteiger partial charge on any atom is 0.337 e. The first-order chi connectivity index (χ1) is 7.76. The Morgan fingerprint density at radius 1 is 1.56 bits per heavy atom. The molecule has 86 valence electrons.